The largest absolute Gasteiger partial charge is 0.369 e. The average molecular weight is 356 g/mol. The molecule has 2 rings (SSSR count). The van der Waals surface area contributed by atoms with Gasteiger partial charge in [0, 0.05) is 22.4 Å². The van der Waals surface area contributed by atoms with Gasteiger partial charge in [-0.25, -0.2) is 0 Å². The lowest BCUT2D eigenvalue weighted by Gasteiger charge is -2.25. The number of nitrogens with zero attached hydrogens (tertiary/aromatic N) is 1. The summed E-state index contributed by atoms with van der Waals surface area (Å²) in [6.45, 7) is 0. The quantitative estimate of drug-likeness (QED) is 0.867. The lowest BCUT2D eigenvalue weighted by molar-refractivity contribution is -0.121. The molecule has 0 bridgehead atoms. The first-order valence-corrected chi connectivity index (χ1v) is 7.96. The maximum atomic E-state index is 11.9. The van der Waals surface area contributed by atoms with E-state index in [0.717, 1.165) is 11.8 Å². The average Bonchev–Trinajstić information content (AvgIpc) is 2.44. The standard InChI is InChI=1S/C14H11Cl2N3O2S/c15-7-1-2-8(11(16)3-7)9-4-13(21)19-14(10(9)5-17)22-6-12(18)20/h1-3,9H,4,6H2,(H2,18,20)(H,19,21). The number of nitrogens with two attached hydrogens (primary N) is 1. The highest BCUT2D eigenvalue weighted by molar-refractivity contribution is 8.03. The fourth-order valence-corrected chi connectivity index (χ4v) is 3.48. The molecule has 1 aromatic rings. The SMILES string of the molecule is N#CC1=C(SCC(N)=O)NC(=O)CC1c1ccc(Cl)cc1Cl. The summed E-state index contributed by atoms with van der Waals surface area (Å²) in [5.74, 6) is -1.28. The van der Waals surface area contributed by atoms with Gasteiger partial charge in [0.05, 0.1) is 22.4 Å². The first-order chi connectivity index (χ1) is 10.4. The number of rotatable bonds is 4. The van der Waals surface area contributed by atoms with Gasteiger partial charge in [-0.05, 0) is 17.7 Å². The molecule has 8 heteroatoms. The second-order valence-corrected chi connectivity index (χ2v) is 6.41. The van der Waals surface area contributed by atoms with Crippen molar-refractivity contribution in [3.05, 3.63) is 44.4 Å². The monoisotopic (exact) mass is 355 g/mol. The summed E-state index contributed by atoms with van der Waals surface area (Å²) < 4.78 is 0. The van der Waals surface area contributed by atoms with Crippen molar-refractivity contribution >= 4 is 46.8 Å². The molecule has 114 valence electrons. The van der Waals surface area contributed by atoms with Gasteiger partial charge in [0.25, 0.3) is 0 Å². The van der Waals surface area contributed by atoms with Crippen LogP contribution in [0.5, 0.6) is 0 Å². The number of benzene rings is 1. The van der Waals surface area contributed by atoms with Crippen molar-refractivity contribution in [2.24, 2.45) is 5.73 Å². The van der Waals surface area contributed by atoms with Crippen LogP contribution in [0.25, 0.3) is 0 Å². The van der Waals surface area contributed by atoms with E-state index in [2.05, 4.69) is 11.4 Å². The van der Waals surface area contributed by atoms with Crippen molar-refractivity contribution in [1.29, 1.82) is 5.26 Å². The van der Waals surface area contributed by atoms with Gasteiger partial charge in [-0.3, -0.25) is 9.59 Å². The molecule has 0 radical (unpaired) electrons. The zero-order valence-corrected chi connectivity index (χ0v) is 13.6. The van der Waals surface area contributed by atoms with Crippen LogP contribution in [0.3, 0.4) is 0 Å². The van der Waals surface area contributed by atoms with Crippen LogP contribution >= 0.6 is 35.0 Å². The van der Waals surface area contributed by atoms with Crippen LogP contribution in [0.4, 0.5) is 0 Å². The van der Waals surface area contributed by atoms with Crippen LogP contribution in [0.2, 0.25) is 10.0 Å². The van der Waals surface area contributed by atoms with Gasteiger partial charge in [-0.1, -0.05) is 41.0 Å². The Morgan fingerprint density at radius 3 is 2.82 bits per heavy atom. The predicted octanol–water partition coefficient (Wildman–Crippen LogP) is 2.55. The molecule has 0 saturated carbocycles. The summed E-state index contributed by atoms with van der Waals surface area (Å²) in [6, 6.07) is 7.00. The Morgan fingerprint density at radius 1 is 1.50 bits per heavy atom. The van der Waals surface area contributed by atoms with Gasteiger partial charge in [-0.15, -0.1) is 0 Å². The molecule has 3 N–H and O–H groups in total. The van der Waals surface area contributed by atoms with E-state index < -0.39 is 11.8 Å². The zero-order valence-electron chi connectivity index (χ0n) is 11.2. The molecule has 0 saturated heterocycles. The molecular weight excluding hydrogens is 345 g/mol. The Bertz CT molecular complexity index is 713. The van der Waals surface area contributed by atoms with E-state index in [4.69, 9.17) is 28.9 Å². The molecule has 0 aliphatic carbocycles. The maximum absolute atomic E-state index is 11.9. The summed E-state index contributed by atoms with van der Waals surface area (Å²) in [5.41, 5.74) is 6.11. The summed E-state index contributed by atoms with van der Waals surface area (Å²) in [7, 11) is 0. The Balaban J connectivity index is 2.44. The minimum Gasteiger partial charge on any atom is -0.369 e. The summed E-state index contributed by atoms with van der Waals surface area (Å²) >= 11 is 13.1. The predicted molar refractivity (Wildman–Crippen MR) is 86.3 cm³/mol. The summed E-state index contributed by atoms with van der Waals surface area (Å²) in [5, 5.41) is 13.2. The zero-order chi connectivity index (χ0) is 16.3. The highest BCUT2D eigenvalue weighted by Gasteiger charge is 2.31. The first kappa shape index (κ1) is 16.7. The number of allylic oxidation sites excluding steroid dienone is 1. The number of hydrogen-bond acceptors (Lipinski definition) is 4. The van der Waals surface area contributed by atoms with Crippen molar-refractivity contribution in [3.63, 3.8) is 0 Å². The highest BCUT2D eigenvalue weighted by atomic mass is 35.5. The number of thioether (sulfide) groups is 1. The molecule has 1 heterocycles. The van der Waals surface area contributed by atoms with Gasteiger partial charge >= 0.3 is 0 Å². The van der Waals surface area contributed by atoms with Gasteiger partial charge in [0.2, 0.25) is 11.8 Å². The van der Waals surface area contributed by atoms with E-state index in [1.807, 2.05) is 0 Å². The smallest absolute Gasteiger partial charge is 0.227 e. The van der Waals surface area contributed by atoms with E-state index in [1.54, 1.807) is 18.2 Å². The summed E-state index contributed by atoms with van der Waals surface area (Å²) in [6.07, 6.45) is 0.102. The van der Waals surface area contributed by atoms with Crippen LogP contribution in [-0.4, -0.2) is 17.6 Å². The third-order valence-electron chi connectivity index (χ3n) is 3.05. The van der Waals surface area contributed by atoms with Crippen LogP contribution in [0.1, 0.15) is 17.9 Å². The number of halogens is 2. The van der Waals surface area contributed by atoms with Gasteiger partial charge in [0.15, 0.2) is 0 Å². The highest BCUT2D eigenvalue weighted by Crippen LogP contribution is 2.39. The van der Waals surface area contributed by atoms with E-state index in [-0.39, 0.29) is 18.1 Å². The molecule has 0 aromatic heterocycles. The molecule has 22 heavy (non-hydrogen) atoms. The van der Waals surface area contributed by atoms with Gasteiger partial charge < -0.3 is 11.1 Å². The molecule has 1 aromatic carbocycles. The minimum atomic E-state index is -0.532. The van der Waals surface area contributed by atoms with Crippen molar-refractivity contribution in [1.82, 2.24) is 5.32 Å². The van der Waals surface area contributed by atoms with Crippen molar-refractivity contribution in [3.8, 4) is 6.07 Å². The van der Waals surface area contributed by atoms with E-state index in [9.17, 15) is 14.9 Å². The van der Waals surface area contributed by atoms with Gasteiger partial charge in [-0.2, -0.15) is 5.26 Å². The Morgan fingerprint density at radius 2 is 2.23 bits per heavy atom. The molecule has 0 spiro atoms. The van der Waals surface area contributed by atoms with Crippen LogP contribution in [0, 0.1) is 11.3 Å². The third-order valence-corrected chi connectivity index (χ3v) is 4.65. The fourth-order valence-electron chi connectivity index (χ4n) is 2.13. The molecule has 0 fully saturated rings. The molecule has 1 aliphatic rings. The van der Waals surface area contributed by atoms with Crippen LogP contribution in [0.15, 0.2) is 28.8 Å². The number of carbonyl (C=O) groups excluding carboxylic acids is 2. The number of nitrogens with one attached hydrogen (secondary N) is 1. The topological polar surface area (TPSA) is 96.0 Å². The minimum absolute atomic E-state index is 0.0259. The Labute approximate surface area is 141 Å². The lowest BCUT2D eigenvalue weighted by Crippen LogP contribution is -2.31. The molecule has 1 unspecified atom stereocenters. The van der Waals surface area contributed by atoms with Crippen molar-refractivity contribution in [2.45, 2.75) is 12.3 Å². The van der Waals surface area contributed by atoms with E-state index in [0.29, 0.717) is 26.2 Å². The van der Waals surface area contributed by atoms with Crippen LogP contribution in [-0.2, 0) is 9.59 Å². The lowest BCUT2D eigenvalue weighted by atomic mass is 9.87. The van der Waals surface area contributed by atoms with E-state index >= 15 is 0 Å². The number of primary amides is 1. The second kappa shape index (κ2) is 7.05. The van der Waals surface area contributed by atoms with Crippen molar-refractivity contribution in [2.75, 3.05) is 5.75 Å². The molecule has 1 aliphatic heterocycles. The van der Waals surface area contributed by atoms with Crippen molar-refractivity contribution < 1.29 is 9.59 Å². The number of amides is 2. The van der Waals surface area contributed by atoms with Gasteiger partial charge in [0.1, 0.15) is 0 Å². The fraction of sp³-hybridized carbons (Fsp3) is 0.214. The first-order valence-electron chi connectivity index (χ1n) is 6.22. The molecular formula is C14H11Cl2N3O2S. The number of carbonyl (C=O) groups is 2. The summed E-state index contributed by atoms with van der Waals surface area (Å²) in [4.78, 5) is 22.8. The second-order valence-electron chi connectivity index (χ2n) is 4.58. The maximum Gasteiger partial charge on any atom is 0.227 e. The number of hydrogen-bond donors (Lipinski definition) is 2. The molecule has 2 amide bonds. The van der Waals surface area contributed by atoms with Crippen LogP contribution < -0.4 is 11.1 Å². The normalized spacial score (nSPS) is 17.9. The molecule has 1 atom stereocenters. The third kappa shape index (κ3) is 3.74. The van der Waals surface area contributed by atoms with E-state index in [1.165, 1.54) is 0 Å². The number of nitriles is 1. The Kier molecular flexibility index (Phi) is 5.35. The Hall–Kier alpha value is -1.68. The molecule has 5 nitrogen and oxygen atoms in total.